The fourth-order valence-corrected chi connectivity index (χ4v) is 2.86. The van der Waals surface area contributed by atoms with Gasteiger partial charge in [0.05, 0.1) is 0 Å². The van der Waals surface area contributed by atoms with Crippen molar-refractivity contribution in [3.05, 3.63) is 63.8 Å². The van der Waals surface area contributed by atoms with E-state index in [-0.39, 0.29) is 5.70 Å². The number of rotatable bonds is 2. The molecule has 0 aliphatic carbocycles. The summed E-state index contributed by atoms with van der Waals surface area (Å²) in [6, 6.07) is 12.9. The molecule has 0 N–H and O–H groups in total. The lowest BCUT2D eigenvalue weighted by molar-refractivity contribution is -0.129. The Kier molecular flexibility index (Phi) is 3.82. The molecule has 2 aliphatic heterocycles. The SMILES string of the molecule is O=C1OC(c2cccc(Br)c2)=N/C1=C\c1ccc2c(c1)OCCO2. The molecule has 24 heavy (non-hydrogen) atoms. The number of carbonyl (C=O) groups is 1. The first kappa shape index (κ1) is 15.0. The number of hydrogen-bond donors (Lipinski definition) is 0. The van der Waals surface area contributed by atoms with E-state index in [0.717, 1.165) is 15.6 Å². The zero-order valence-corrected chi connectivity index (χ0v) is 14.1. The topological polar surface area (TPSA) is 57.1 Å². The second-order valence-electron chi connectivity index (χ2n) is 5.25. The minimum atomic E-state index is -0.472. The summed E-state index contributed by atoms with van der Waals surface area (Å²) in [7, 11) is 0. The maximum Gasteiger partial charge on any atom is 0.363 e. The molecule has 5 nitrogen and oxygen atoms in total. The fraction of sp³-hybridized carbons (Fsp3) is 0.111. The van der Waals surface area contributed by atoms with E-state index in [1.165, 1.54) is 0 Å². The summed E-state index contributed by atoms with van der Waals surface area (Å²) in [5, 5.41) is 0. The number of cyclic esters (lactones) is 1. The normalized spacial score (nSPS) is 17.6. The molecule has 0 radical (unpaired) electrons. The van der Waals surface area contributed by atoms with Crippen LogP contribution in [0.3, 0.4) is 0 Å². The van der Waals surface area contributed by atoms with E-state index in [0.29, 0.717) is 30.6 Å². The zero-order chi connectivity index (χ0) is 16.5. The van der Waals surface area contributed by atoms with Gasteiger partial charge in [-0.15, -0.1) is 0 Å². The molecule has 4 rings (SSSR count). The number of carbonyl (C=O) groups excluding carboxylic acids is 1. The minimum absolute atomic E-state index is 0.252. The molecule has 0 amide bonds. The van der Waals surface area contributed by atoms with E-state index in [1.807, 2.05) is 42.5 Å². The Morgan fingerprint density at radius 2 is 1.88 bits per heavy atom. The van der Waals surface area contributed by atoms with Crippen LogP contribution in [0, 0.1) is 0 Å². The lowest BCUT2D eigenvalue weighted by Gasteiger charge is -2.18. The van der Waals surface area contributed by atoms with Gasteiger partial charge in [0.1, 0.15) is 13.2 Å². The molecule has 6 heteroatoms. The van der Waals surface area contributed by atoms with Crippen LogP contribution >= 0.6 is 15.9 Å². The highest BCUT2D eigenvalue weighted by molar-refractivity contribution is 9.10. The third-order valence-corrected chi connectivity index (χ3v) is 4.05. The average molecular weight is 386 g/mol. The number of nitrogens with zero attached hydrogens (tertiary/aromatic N) is 1. The van der Waals surface area contributed by atoms with Gasteiger partial charge in [0.2, 0.25) is 5.90 Å². The van der Waals surface area contributed by atoms with Gasteiger partial charge in [0.15, 0.2) is 17.2 Å². The summed E-state index contributed by atoms with van der Waals surface area (Å²) in [5.74, 6) is 1.19. The van der Waals surface area contributed by atoms with Gasteiger partial charge >= 0.3 is 5.97 Å². The number of hydrogen-bond acceptors (Lipinski definition) is 5. The molecule has 2 aromatic rings. The van der Waals surface area contributed by atoms with Crippen molar-refractivity contribution in [2.24, 2.45) is 4.99 Å². The van der Waals surface area contributed by atoms with Gasteiger partial charge in [-0.1, -0.05) is 28.1 Å². The largest absolute Gasteiger partial charge is 0.486 e. The summed E-state index contributed by atoms with van der Waals surface area (Å²) in [6.07, 6.45) is 1.67. The van der Waals surface area contributed by atoms with E-state index in [2.05, 4.69) is 20.9 Å². The lowest BCUT2D eigenvalue weighted by Crippen LogP contribution is -2.15. The Hall–Kier alpha value is -2.60. The first-order valence-corrected chi connectivity index (χ1v) is 8.16. The molecule has 0 fully saturated rings. The van der Waals surface area contributed by atoms with Gasteiger partial charge in [-0.25, -0.2) is 9.79 Å². The van der Waals surface area contributed by atoms with Crippen molar-refractivity contribution in [1.82, 2.24) is 0 Å². The van der Waals surface area contributed by atoms with E-state index in [4.69, 9.17) is 14.2 Å². The molecule has 0 atom stereocenters. The predicted molar refractivity (Wildman–Crippen MR) is 92.2 cm³/mol. The van der Waals surface area contributed by atoms with Crippen LogP contribution in [0.4, 0.5) is 0 Å². The van der Waals surface area contributed by atoms with Crippen molar-refractivity contribution in [2.75, 3.05) is 13.2 Å². The Morgan fingerprint density at radius 1 is 1.04 bits per heavy atom. The third-order valence-electron chi connectivity index (χ3n) is 3.56. The van der Waals surface area contributed by atoms with Crippen molar-refractivity contribution >= 4 is 33.9 Å². The molecule has 0 aromatic heterocycles. The molecule has 0 saturated heterocycles. The first-order valence-electron chi connectivity index (χ1n) is 7.37. The molecule has 2 aliphatic rings. The number of halogens is 1. The molecule has 2 aromatic carbocycles. The summed E-state index contributed by atoms with van der Waals surface area (Å²) in [5.41, 5.74) is 1.79. The van der Waals surface area contributed by atoms with Crippen LogP contribution in [0.1, 0.15) is 11.1 Å². The summed E-state index contributed by atoms with van der Waals surface area (Å²) < 4.78 is 17.2. The van der Waals surface area contributed by atoms with Crippen LogP contribution in [0.5, 0.6) is 11.5 Å². The van der Waals surface area contributed by atoms with E-state index in [9.17, 15) is 4.79 Å². The highest BCUT2D eigenvalue weighted by Gasteiger charge is 2.24. The number of benzene rings is 2. The van der Waals surface area contributed by atoms with Crippen molar-refractivity contribution in [1.29, 1.82) is 0 Å². The molecule has 0 unspecified atom stereocenters. The second-order valence-corrected chi connectivity index (χ2v) is 6.17. The molecule has 2 heterocycles. The quantitative estimate of drug-likeness (QED) is 0.585. The Bertz CT molecular complexity index is 888. The van der Waals surface area contributed by atoms with Gasteiger partial charge in [-0.05, 0) is 42.0 Å². The molecule has 0 saturated carbocycles. The predicted octanol–water partition coefficient (Wildman–Crippen LogP) is 3.56. The maximum absolute atomic E-state index is 12.1. The summed E-state index contributed by atoms with van der Waals surface area (Å²) in [4.78, 5) is 16.4. The molecular weight excluding hydrogens is 374 g/mol. The van der Waals surface area contributed by atoms with Crippen LogP contribution in [-0.2, 0) is 9.53 Å². The van der Waals surface area contributed by atoms with Gasteiger partial charge in [0.25, 0.3) is 0 Å². The number of ether oxygens (including phenoxy) is 3. The van der Waals surface area contributed by atoms with Crippen molar-refractivity contribution in [3.63, 3.8) is 0 Å². The molecule has 0 bridgehead atoms. The third kappa shape index (κ3) is 2.92. The Morgan fingerprint density at radius 3 is 2.71 bits per heavy atom. The van der Waals surface area contributed by atoms with Gasteiger partial charge < -0.3 is 14.2 Å². The first-order chi connectivity index (χ1) is 11.7. The van der Waals surface area contributed by atoms with Crippen LogP contribution in [0.25, 0.3) is 6.08 Å². The van der Waals surface area contributed by atoms with Crippen LogP contribution in [0.2, 0.25) is 0 Å². The minimum Gasteiger partial charge on any atom is -0.486 e. The van der Waals surface area contributed by atoms with Crippen molar-refractivity contribution in [2.45, 2.75) is 0 Å². The Labute approximate surface area is 146 Å². The van der Waals surface area contributed by atoms with Gasteiger partial charge in [-0.2, -0.15) is 0 Å². The van der Waals surface area contributed by atoms with E-state index >= 15 is 0 Å². The van der Waals surface area contributed by atoms with Gasteiger partial charge in [-0.3, -0.25) is 0 Å². The molecule has 120 valence electrons. The van der Waals surface area contributed by atoms with Crippen molar-refractivity contribution in [3.8, 4) is 11.5 Å². The van der Waals surface area contributed by atoms with Crippen LogP contribution in [0.15, 0.2) is 57.6 Å². The summed E-state index contributed by atoms with van der Waals surface area (Å²) >= 11 is 3.39. The van der Waals surface area contributed by atoms with Crippen LogP contribution in [-0.4, -0.2) is 25.1 Å². The van der Waals surface area contributed by atoms with Crippen LogP contribution < -0.4 is 9.47 Å². The smallest absolute Gasteiger partial charge is 0.363 e. The highest BCUT2D eigenvalue weighted by atomic mass is 79.9. The fourth-order valence-electron chi connectivity index (χ4n) is 2.46. The Balaban J connectivity index is 1.66. The van der Waals surface area contributed by atoms with Gasteiger partial charge in [0, 0.05) is 10.0 Å². The monoisotopic (exact) mass is 385 g/mol. The maximum atomic E-state index is 12.1. The standard InChI is InChI=1S/C18H12BrNO4/c19-13-3-1-2-12(10-13)17-20-14(18(21)24-17)8-11-4-5-15-16(9-11)23-7-6-22-15/h1-5,8-10H,6-7H2/b14-8-. The van der Waals surface area contributed by atoms with Crippen molar-refractivity contribution < 1.29 is 19.0 Å². The molecular formula is C18H12BrNO4. The summed E-state index contributed by atoms with van der Waals surface area (Å²) in [6.45, 7) is 1.06. The molecule has 0 spiro atoms. The average Bonchev–Trinajstić information content (AvgIpc) is 2.96. The second kappa shape index (κ2) is 6.13. The lowest BCUT2D eigenvalue weighted by atomic mass is 10.1. The zero-order valence-electron chi connectivity index (χ0n) is 12.5. The number of aliphatic imine (C=N–C) groups is 1. The highest BCUT2D eigenvalue weighted by Crippen LogP contribution is 2.32. The number of esters is 1. The van der Waals surface area contributed by atoms with E-state index < -0.39 is 5.97 Å². The number of fused-ring (bicyclic) bond motifs is 1. The van der Waals surface area contributed by atoms with E-state index in [1.54, 1.807) is 6.08 Å².